The number of hydrogen-bond acceptors (Lipinski definition) is 2. The molecule has 0 fully saturated rings. The molecule has 0 saturated carbocycles. The molecule has 0 spiro atoms. The van der Waals surface area contributed by atoms with Gasteiger partial charge in [-0.05, 0) is 47.6 Å². The van der Waals surface area contributed by atoms with Gasteiger partial charge in [0.2, 0.25) is 0 Å². The van der Waals surface area contributed by atoms with Gasteiger partial charge in [0.25, 0.3) is 0 Å². The second-order valence-electron chi connectivity index (χ2n) is 5.60. The first-order valence-corrected chi connectivity index (χ1v) is 8.99. The highest BCUT2D eigenvalue weighted by Crippen LogP contribution is 2.10. The van der Waals surface area contributed by atoms with Crippen molar-refractivity contribution < 1.29 is 4.57 Å². The van der Waals surface area contributed by atoms with E-state index in [4.69, 9.17) is 11.5 Å². The van der Waals surface area contributed by atoms with E-state index in [0.717, 1.165) is 17.8 Å². The van der Waals surface area contributed by atoms with E-state index in [9.17, 15) is 0 Å². The van der Waals surface area contributed by atoms with Crippen LogP contribution in [0.5, 0.6) is 0 Å². The van der Waals surface area contributed by atoms with Crippen molar-refractivity contribution in [2.75, 3.05) is 11.5 Å². The van der Waals surface area contributed by atoms with Gasteiger partial charge >= 0.3 is 0 Å². The topological polar surface area (TPSA) is 55.9 Å². The van der Waals surface area contributed by atoms with Gasteiger partial charge in [0.15, 0.2) is 12.4 Å². The van der Waals surface area contributed by atoms with Gasteiger partial charge in [-0.3, -0.25) is 0 Å². The summed E-state index contributed by atoms with van der Waals surface area (Å²) in [5.74, 6) is 0. The smallest absolute Gasteiger partial charge is 0.176 e. The van der Waals surface area contributed by atoms with E-state index >= 15 is 0 Å². The van der Waals surface area contributed by atoms with Gasteiger partial charge in [-0.2, -0.15) is 0 Å². The van der Waals surface area contributed by atoms with Crippen molar-refractivity contribution >= 4 is 30.6 Å². The second-order valence-corrected chi connectivity index (χ2v) is 7.00. The molecule has 3 aromatic rings. The molecule has 0 amide bonds. The highest BCUT2D eigenvalue weighted by Gasteiger charge is 1.99. The Labute approximate surface area is 146 Å². The number of rotatable bonds is 3. The molecule has 0 saturated heterocycles. The first kappa shape index (κ1) is 18.0. The molecule has 0 aliphatic carbocycles. The fourth-order valence-corrected chi connectivity index (χ4v) is 3.26. The van der Waals surface area contributed by atoms with Crippen LogP contribution >= 0.6 is 8.58 Å². The first-order chi connectivity index (χ1) is 11.6. The minimum Gasteiger partial charge on any atom is -0.399 e. The molecule has 24 heavy (non-hydrogen) atoms. The summed E-state index contributed by atoms with van der Waals surface area (Å²) in [6.07, 6.45) is 5.27. The molecular weight excluding hydrogens is 313 g/mol. The zero-order valence-electron chi connectivity index (χ0n) is 14.2. The van der Waals surface area contributed by atoms with Gasteiger partial charge in [-0.15, -0.1) is 0 Å². The molecule has 1 atom stereocenters. The summed E-state index contributed by atoms with van der Waals surface area (Å²) in [7, 11) is 2.73. The van der Waals surface area contributed by atoms with E-state index in [0.29, 0.717) is 8.58 Å². The predicted molar refractivity (Wildman–Crippen MR) is 106 cm³/mol. The van der Waals surface area contributed by atoms with Crippen molar-refractivity contribution in [3.63, 3.8) is 0 Å². The van der Waals surface area contributed by atoms with Crippen LogP contribution in [0.2, 0.25) is 0 Å². The van der Waals surface area contributed by atoms with E-state index in [1.807, 2.05) is 37.5 Å². The number of aromatic nitrogens is 1. The maximum absolute atomic E-state index is 5.64. The van der Waals surface area contributed by atoms with E-state index in [1.165, 1.54) is 16.2 Å². The van der Waals surface area contributed by atoms with Crippen molar-refractivity contribution in [3.05, 3.63) is 78.6 Å². The Morgan fingerprint density at radius 2 is 1.42 bits per heavy atom. The number of anilines is 2. The lowest BCUT2D eigenvalue weighted by molar-refractivity contribution is -0.670. The van der Waals surface area contributed by atoms with Crippen LogP contribution in [0.3, 0.4) is 0 Å². The van der Waals surface area contributed by atoms with Gasteiger partial charge in [0.1, 0.15) is 7.05 Å². The summed E-state index contributed by atoms with van der Waals surface area (Å²) in [6, 6.07) is 20.2. The largest absolute Gasteiger partial charge is 0.399 e. The SMILES string of the molecule is CCc1ccc(N)cc1.C[n+]1cccc(Pc2ccc(N)cc2)c1. The molecule has 0 bridgehead atoms. The highest BCUT2D eigenvalue weighted by molar-refractivity contribution is 7.55. The summed E-state index contributed by atoms with van der Waals surface area (Å²) in [6.45, 7) is 2.13. The number of aryl methyl sites for hydroxylation is 2. The summed E-state index contributed by atoms with van der Waals surface area (Å²) < 4.78 is 2.07. The number of hydrogen-bond donors (Lipinski definition) is 2. The standard InChI is InChI=1S/C12H14N2P.C8H11N/c1-14-8-2-3-12(9-14)15-11-6-4-10(13)5-7-11;1-2-7-3-5-8(9)6-4-7/h2-9,15H,13H2,1H3;3-6H,2,9H2,1H3/q+1;. The normalized spacial score (nSPS) is 10.4. The lowest BCUT2D eigenvalue weighted by Crippen LogP contribution is -2.30. The Morgan fingerprint density at radius 3 is 1.96 bits per heavy atom. The minimum atomic E-state index is 0.693. The van der Waals surface area contributed by atoms with Crippen molar-refractivity contribution in [2.24, 2.45) is 7.05 Å². The molecule has 0 aliphatic rings. The minimum absolute atomic E-state index is 0.693. The molecule has 0 radical (unpaired) electrons. The molecule has 0 aliphatic heterocycles. The van der Waals surface area contributed by atoms with Crippen LogP contribution in [-0.4, -0.2) is 0 Å². The van der Waals surface area contributed by atoms with Crippen molar-refractivity contribution in [2.45, 2.75) is 13.3 Å². The van der Waals surface area contributed by atoms with Gasteiger partial charge in [-0.1, -0.05) is 39.8 Å². The monoisotopic (exact) mass is 338 g/mol. The zero-order chi connectivity index (χ0) is 17.4. The highest BCUT2D eigenvalue weighted by atomic mass is 31.1. The molecule has 1 heterocycles. The fraction of sp³-hybridized carbons (Fsp3) is 0.150. The maximum Gasteiger partial charge on any atom is 0.176 e. The number of nitrogens with zero attached hydrogens (tertiary/aromatic N) is 1. The summed E-state index contributed by atoms with van der Waals surface area (Å²) in [5, 5.41) is 2.65. The average molecular weight is 338 g/mol. The van der Waals surface area contributed by atoms with E-state index in [1.54, 1.807) is 0 Å². The van der Waals surface area contributed by atoms with Crippen molar-refractivity contribution in [3.8, 4) is 0 Å². The van der Waals surface area contributed by atoms with Gasteiger partial charge < -0.3 is 11.5 Å². The van der Waals surface area contributed by atoms with Gasteiger partial charge in [0, 0.05) is 22.7 Å². The van der Waals surface area contributed by atoms with E-state index < -0.39 is 0 Å². The number of benzene rings is 2. The number of nitrogens with two attached hydrogens (primary N) is 2. The van der Waals surface area contributed by atoms with Crippen LogP contribution in [0.4, 0.5) is 11.4 Å². The molecule has 2 aromatic carbocycles. The Kier molecular flexibility index (Phi) is 6.77. The van der Waals surface area contributed by atoms with Gasteiger partial charge in [-0.25, -0.2) is 4.57 Å². The van der Waals surface area contributed by atoms with Crippen LogP contribution in [0, 0.1) is 0 Å². The Hall–Kier alpha value is -2.38. The molecule has 1 aromatic heterocycles. The average Bonchev–Trinajstić information content (AvgIpc) is 2.58. The second kappa shape index (κ2) is 9.05. The lowest BCUT2D eigenvalue weighted by atomic mass is 10.2. The van der Waals surface area contributed by atoms with Crippen LogP contribution in [0.25, 0.3) is 0 Å². The molecule has 1 unspecified atom stereocenters. The molecular formula is C20H25N3P+. The Balaban J connectivity index is 0.000000198. The summed E-state index contributed by atoms with van der Waals surface area (Å²) in [4.78, 5) is 0. The molecule has 3 nitrogen and oxygen atoms in total. The zero-order valence-corrected chi connectivity index (χ0v) is 15.2. The number of pyridine rings is 1. The third kappa shape index (κ3) is 6.02. The lowest BCUT2D eigenvalue weighted by Gasteiger charge is -2.01. The van der Waals surface area contributed by atoms with Crippen LogP contribution < -0.4 is 26.6 Å². The predicted octanol–water partition coefficient (Wildman–Crippen LogP) is 2.55. The Bertz CT molecular complexity index is 753. The maximum atomic E-state index is 5.64. The quantitative estimate of drug-likeness (QED) is 0.438. The summed E-state index contributed by atoms with van der Waals surface area (Å²) >= 11 is 0. The molecule has 124 valence electrons. The van der Waals surface area contributed by atoms with E-state index in [-0.39, 0.29) is 0 Å². The van der Waals surface area contributed by atoms with Crippen molar-refractivity contribution in [1.82, 2.24) is 0 Å². The van der Waals surface area contributed by atoms with Crippen LogP contribution in [0.1, 0.15) is 12.5 Å². The third-order valence-electron chi connectivity index (χ3n) is 3.53. The molecule has 4 N–H and O–H groups in total. The first-order valence-electron chi connectivity index (χ1n) is 7.99. The number of nitrogen functional groups attached to an aromatic ring is 2. The van der Waals surface area contributed by atoms with Gasteiger partial charge in [0.05, 0.1) is 0 Å². The Morgan fingerprint density at radius 1 is 0.833 bits per heavy atom. The summed E-state index contributed by atoms with van der Waals surface area (Å²) in [5.41, 5.74) is 14.1. The van der Waals surface area contributed by atoms with Crippen LogP contribution in [0.15, 0.2) is 73.1 Å². The third-order valence-corrected chi connectivity index (χ3v) is 4.73. The van der Waals surface area contributed by atoms with Crippen molar-refractivity contribution in [1.29, 1.82) is 0 Å². The van der Waals surface area contributed by atoms with E-state index in [2.05, 4.69) is 54.1 Å². The fourth-order valence-electron chi connectivity index (χ4n) is 2.15. The molecule has 4 heteroatoms. The molecule has 3 rings (SSSR count). The van der Waals surface area contributed by atoms with Crippen LogP contribution in [-0.2, 0) is 13.5 Å².